The van der Waals surface area contributed by atoms with E-state index in [-0.39, 0.29) is 0 Å². The summed E-state index contributed by atoms with van der Waals surface area (Å²) in [5, 5.41) is 0. The summed E-state index contributed by atoms with van der Waals surface area (Å²) in [6.45, 7) is 0. The summed E-state index contributed by atoms with van der Waals surface area (Å²) in [6, 6.07) is 10.9. The highest BCUT2D eigenvalue weighted by Crippen LogP contribution is 2.30. The van der Waals surface area contributed by atoms with E-state index in [1.165, 1.54) is 26.4 Å². The van der Waals surface area contributed by atoms with Crippen molar-refractivity contribution >= 4 is 23.5 Å². The first kappa shape index (κ1) is 17.2. The van der Waals surface area contributed by atoms with Crippen LogP contribution in [0.4, 0.5) is 11.4 Å². The smallest absolute Gasteiger partial charge is 0.240 e. The minimum Gasteiger partial charge on any atom is -0.494 e. The minimum atomic E-state index is 0.453. The molecule has 0 N–H and O–H groups in total. The molecule has 0 saturated heterocycles. The second kappa shape index (κ2) is 8.44. The summed E-state index contributed by atoms with van der Waals surface area (Å²) in [5.74, 6) is 1.06. The van der Waals surface area contributed by atoms with Crippen LogP contribution in [0.2, 0.25) is 0 Å². The topological polar surface area (TPSA) is 77.3 Å². The number of rotatable bonds is 7. The van der Waals surface area contributed by atoms with E-state index in [1.807, 2.05) is 24.3 Å². The van der Waals surface area contributed by atoms with Crippen LogP contribution in [0.25, 0.3) is 0 Å². The predicted octanol–water partition coefficient (Wildman–Crippen LogP) is 3.42. The fourth-order valence-electron chi connectivity index (χ4n) is 2.33. The first-order valence-corrected chi connectivity index (χ1v) is 7.21. The molecular formula is C18H16N2O4. The van der Waals surface area contributed by atoms with Gasteiger partial charge in [0.2, 0.25) is 12.2 Å². The molecular weight excluding hydrogens is 308 g/mol. The fourth-order valence-corrected chi connectivity index (χ4v) is 2.33. The Bertz CT molecular complexity index is 750. The quantitative estimate of drug-likeness (QED) is 0.577. The van der Waals surface area contributed by atoms with Gasteiger partial charge in [0, 0.05) is 0 Å². The molecule has 6 nitrogen and oxygen atoms in total. The second-order valence-corrected chi connectivity index (χ2v) is 4.92. The van der Waals surface area contributed by atoms with Gasteiger partial charge in [0.25, 0.3) is 0 Å². The van der Waals surface area contributed by atoms with Crippen molar-refractivity contribution in [3.05, 3.63) is 47.5 Å². The molecule has 0 radical (unpaired) electrons. The third-order valence-electron chi connectivity index (χ3n) is 3.52. The molecule has 0 aliphatic carbocycles. The maximum atomic E-state index is 10.4. The van der Waals surface area contributed by atoms with Gasteiger partial charge in [-0.05, 0) is 48.2 Å². The first-order valence-electron chi connectivity index (χ1n) is 7.21. The van der Waals surface area contributed by atoms with Gasteiger partial charge in [-0.15, -0.1) is 0 Å². The van der Waals surface area contributed by atoms with Gasteiger partial charge >= 0.3 is 0 Å². The number of isocyanates is 2. The zero-order valence-electron chi connectivity index (χ0n) is 13.4. The lowest BCUT2D eigenvalue weighted by Crippen LogP contribution is -1.94. The summed E-state index contributed by atoms with van der Waals surface area (Å²) in [7, 11) is 3.06. The van der Waals surface area contributed by atoms with Gasteiger partial charge in [-0.2, -0.15) is 9.98 Å². The van der Waals surface area contributed by atoms with Crippen LogP contribution in [0, 0.1) is 0 Å². The van der Waals surface area contributed by atoms with Crippen LogP contribution in [-0.4, -0.2) is 26.4 Å². The average Bonchev–Trinajstić information content (AvgIpc) is 2.62. The SMILES string of the molecule is COc1cc(CCc2ccc(N=C=O)c(OC)c2)ccc1N=C=O. The normalized spacial score (nSPS) is 9.58. The second-order valence-electron chi connectivity index (χ2n) is 4.92. The fraction of sp³-hybridized carbons (Fsp3) is 0.222. The molecule has 2 aromatic rings. The Morgan fingerprint density at radius 3 is 1.54 bits per heavy atom. The van der Waals surface area contributed by atoms with E-state index in [0.717, 1.165) is 24.0 Å². The number of carbonyl (C=O) groups excluding carboxylic acids is 2. The largest absolute Gasteiger partial charge is 0.494 e. The molecule has 0 heterocycles. The molecule has 0 aliphatic heterocycles. The van der Waals surface area contributed by atoms with E-state index in [0.29, 0.717) is 22.9 Å². The molecule has 0 bridgehead atoms. The number of hydrogen-bond donors (Lipinski definition) is 0. The van der Waals surface area contributed by atoms with Crippen LogP contribution in [0.5, 0.6) is 11.5 Å². The molecule has 0 aliphatic rings. The van der Waals surface area contributed by atoms with E-state index >= 15 is 0 Å². The molecule has 0 atom stereocenters. The van der Waals surface area contributed by atoms with Crippen molar-refractivity contribution in [3.8, 4) is 11.5 Å². The van der Waals surface area contributed by atoms with Crippen LogP contribution in [-0.2, 0) is 22.4 Å². The van der Waals surface area contributed by atoms with Crippen molar-refractivity contribution in [1.82, 2.24) is 0 Å². The Labute approximate surface area is 139 Å². The lowest BCUT2D eigenvalue weighted by atomic mass is 10.0. The highest BCUT2D eigenvalue weighted by molar-refractivity contribution is 5.59. The third-order valence-corrected chi connectivity index (χ3v) is 3.52. The van der Waals surface area contributed by atoms with Crippen LogP contribution in [0.3, 0.4) is 0 Å². The molecule has 6 heteroatoms. The van der Waals surface area contributed by atoms with Crippen molar-refractivity contribution in [2.24, 2.45) is 9.98 Å². The van der Waals surface area contributed by atoms with Crippen molar-refractivity contribution < 1.29 is 19.1 Å². The Morgan fingerprint density at radius 1 is 0.792 bits per heavy atom. The molecule has 122 valence electrons. The predicted molar refractivity (Wildman–Crippen MR) is 89.0 cm³/mol. The van der Waals surface area contributed by atoms with Crippen LogP contribution in [0.15, 0.2) is 46.4 Å². The van der Waals surface area contributed by atoms with Gasteiger partial charge in [0.05, 0.1) is 14.2 Å². The molecule has 2 rings (SSSR count). The molecule has 0 fully saturated rings. The number of methoxy groups -OCH3 is 2. The van der Waals surface area contributed by atoms with Crippen molar-refractivity contribution in [1.29, 1.82) is 0 Å². The lowest BCUT2D eigenvalue weighted by molar-refractivity contribution is 0.415. The minimum absolute atomic E-state index is 0.453. The number of hydrogen-bond acceptors (Lipinski definition) is 6. The Hall–Kier alpha value is -3.20. The zero-order chi connectivity index (χ0) is 17.4. The van der Waals surface area contributed by atoms with Gasteiger partial charge < -0.3 is 9.47 Å². The van der Waals surface area contributed by atoms with Crippen molar-refractivity contribution in [2.75, 3.05) is 14.2 Å². The van der Waals surface area contributed by atoms with E-state index in [9.17, 15) is 9.59 Å². The third kappa shape index (κ3) is 4.17. The molecule has 0 spiro atoms. The number of aryl methyl sites for hydroxylation is 2. The Balaban J connectivity index is 2.16. The number of nitrogens with zero attached hydrogens (tertiary/aromatic N) is 2. The van der Waals surface area contributed by atoms with Gasteiger partial charge in [-0.3, -0.25) is 0 Å². The van der Waals surface area contributed by atoms with Crippen molar-refractivity contribution in [2.45, 2.75) is 12.8 Å². The van der Waals surface area contributed by atoms with Crippen LogP contribution >= 0.6 is 0 Å². The highest BCUT2D eigenvalue weighted by atomic mass is 16.5. The molecule has 0 unspecified atom stereocenters. The first-order chi connectivity index (χ1) is 11.7. The van der Waals surface area contributed by atoms with Gasteiger partial charge in [-0.1, -0.05) is 12.1 Å². The van der Waals surface area contributed by atoms with E-state index < -0.39 is 0 Å². The van der Waals surface area contributed by atoms with Gasteiger partial charge in [-0.25, -0.2) is 9.59 Å². The molecule has 2 aromatic carbocycles. The number of aliphatic imine (C=N–C) groups is 2. The Kier molecular flexibility index (Phi) is 6.03. The molecule has 0 aromatic heterocycles. The highest BCUT2D eigenvalue weighted by Gasteiger charge is 2.06. The summed E-state index contributed by atoms with van der Waals surface area (Å²) < 4.78 is 10.5. The average molecular weight is 324 g/mol. The zero-order valence-corrected chi connectivity index (χ0v) is 13.4. The number of ether oxygens (including phenoxy) is 2. The van der Waals surface area contributed by atoms with E-state index in [2.05, 4.69) is 9.98 Å². The Morgan fingerprint density at radius 2 is 1.21 bits per heavy atom. The van der Waals surface area contributed by atoms with Crippen molar-refractivity contribution in [3.63, 3.8) is 0 Å². The summed E-state index contributed by atoms with van der Waals surface area (Å²) in [4.78, 5) is 28.0. The maximum Gasteiger partial charge on any atom is 0.240 e. The molecule has 0 amide bonds. The van der Waals surface area contributed by atoms with Crippen LogP contribution in [0.1, 0.15) is 11.1 Å². The monoisotopic (exact) mass is 324 g/mol. The lowest BCUT2D eigenvalue weighted by Gasteiger charge is -2.09. The summed E-state index contributed by atoms with van der Waals surface area (Å²) >= 11 is 0. The standard InChI is InChI=1S/C18H16N2O4/c1-23-17-9-13(5-7-15(17)19-11-21)3-4-14-6-8-16(20-12-22)18(10-14)24-2/h5-10H,3-4H2,1-2H3. The number of benzene rings is 2. The molecule has 0 saturated carbocycles. The van der Waals surface area contributed by atoms with Gasteiger partial charge in [0.15, 0.2) is 0 Å². The van der Waals surface area contributed by atoms with E-state index in [4.69, 9.17) is 9.47 Å². The summed E-state index contributed by atoms with van der Waals surface area (Å²) in [6.07, 6.45) is 4.55. The van der Waals surface area contributed by atoms with E-state index in [1.54, 1.807) is 12.1 Å². The summed E-state index contributed by atoms with van der Waals surface area (Å²) in [5.41, 5.74) is 3.00. The maximum absolute atomic E-state index is 10.4. The van der Waals surface area contributed by atoms with Gasteiger partial charge in [0.1, 0.15) is 22.9 Å². The molecule has 24 heavy (non-hydrogen) atoms. The van der Waals surface area contributed by atoms with Crippen LogP contribution < -0.4 is 9.47 Å².